The first kappa shape index (κ1) is 22.5. The minimum Gasteiger partial charge on any atom is -0.344 e. The van der Waals surface area contributed by atoms with Crippen LogP contribution in [-0.2, 0) is 10.4 Å². The highest BCUT2D eigenvalue weighted by Gasteiger charge is 1.84. The number of hydrogen-bond acceptors (Lipinski definition) is 5. The van der Waals surface area contributed by atoms with Gasteiger partial charge in [0, 0.05) is 0 Å². The van der Waals surface area contributed by atoms with Crippen LogP contribution in [0.1, 0.15) is 6.92 Å². The monoisotopic (exact) mass is 194 g/mol. The second-order valence-corrected chi connectivity index (χ2v) is 2.29. The zero-order valence-electron chi connectivity index (χ0n) is 5.69. The highest BCUT2D eigenvalue weighted by atomic mass is 32.3. The van der Waals surface area contributed by atoms with E-state index in [1.165, 1.54) is 0 Å². The molecule has 0 unspecified atom stereocenters. The highest BCUT2D eigenvalue weighted by Crippen LogP contribution is 1.59. The second kappa shape index (κ2) is 11.9. The number of thiol groups is 1. The van der Waals surface area contributed by atoms with Crippen molar-refractivity contribution in [1.29, 1.82) is 0 Å². The van der Waals surface area contributed by atoms with Gasteiger partial charge in [-0.3, -0.25) is 9.11 Å². The van der Waals surface area contributed by atoms with Gasteiger partial charge in [-0.15, -0.1) is 0 Å². The van der Waals surface area contributed by atoms with E-state index in [1.807, 2.05) is 6.92 Å². The maximum Gasteiger partial charge on any atom is 0.394 e. The maximum atomic E-state index is 8.74. The molecular weight excluding hydrogens is 180 g/mol. The Hall–Kier alpha value is 0.140. The predicted octanol–water partition coefficient (Wildman–Crippen LogP) is 0.607. The molecular formula is C2H14N2O4S2. The predicted molar refractivity (Wildman–Crippen MR) is 43.7 cm³/mol. The van der Waals surface area contributed by atoms with E-state index >= 15 is 0 Å². The fourth-order valence-corrected chi connectivity index (χ4v) is 0. The number of rotatable bonds is 0. The molecule has 0 heterocycles. The normalized spacial score (nSPS) is 7.60. The Morgan fingerprint density at radius 3 is 1.30 bits per heavy atom. The van der Waals surface area contributed by atoms with Crippen LogP contribution in [-0.4, -0.2) is 23.3 Å². The van der Waals surface area contributed by atoms with Gasteiger partial charge in [-0.25, -0.2) is 0 Å². The van der Waals surface area contributed by atoms with Crippen LogP contribution in [0.3, 0.4) is 0 Å². The Morgan fingerprint density at radius 1 is 1.30 bits per heavy atom. The van der Waals surface area contributed by atoms with Crippen molar-refractivity contribution in [2.24, 2.45) is 0 Å². The largest absolute Gasteiger partial charge is 0.394 e. The smallest absolute Gasteiger partial charge is 0.344 e. The Kier molecular flexibility index (Phi) is 26.7. The van der Waals surface area contributed by atoms with E-state index in [4.69, 9.17) is 17.5 Å². The topological polar surface area (TPSA) is 145 Å². The van der Waals surface area contributed by atoms with Crippen LogP contribution in [0.25, 0.3) is 0 Å². The third-order valence-corrected chi connectivity index (χ3v) is 0. The van der Waals surface area contributed by atoms with E-state index in [2.05, 4.69) is 12.6 Å². The molecule has 0 aromatic heterocycles. The molecule has 0 spiro atoms. The molecule has 0 saturated heterocycles. The average molecular weight is 194 g/mol. The summed E-state index contributed by atoms with van der Waals surface area (Å²) < 4.78 is 31.6. The molecule has 0 saturated carbocycles. The lowest BCUT2D eigenvalue weighted by Gasteiger charge is -1.68. The summed E-state index contributed by atoms with van der Waals surface area (Å²) >= 11 is 3.79. The van der Waals surface area contributed by atoms with Gasteiger partial charge in [-0.1, -0.05) is 6.92 Å². The average Bonchev–Trinajstić information content (AvgIpc) is 1.27. The van der Waals surface area contributed by atoms with Crippen LogP contribution < -0.4 is 12.3 Å². The van der Waals surface area contributed by atoms with Gasteiger partial charge in [-0.05, 0) is 5.75 Å². The minimum atomic E-state index is -4.67. The standard InChI is InChI=1S/C2H6S.2H3N.H2O4S/c1-2-3;;;1-5(2,3)4/h3H,2H2,1H3;2*1H3;(H2,1,2,3,4). The van der Waals surface area contributed by atoms with Crippen LogP contribution in [0.4, 0.5) is 0 Å². The molecule has 0 aliphatic heterocycles. The van der Waals surface area contributed by atoms with Crippen LogP contribution in [0, 0.1) is 0 Å². The summed E-state index contributed by atoms with van der Waals surface area (Å²) in [7, 11) is -4.67. The number of hydrogen-bond donors (Lipinski definition) is 5. The minimum absolute atomic E-state index is 0. The van der Waals surface area contributed by atoms with Crippen molar-refractivity contribution in [3.8, 4) is 0 Å². The van der Waals surface area contributed by atoms with E-state index in [0.717, 1.165) is 5.75 Å². The van der Waals surface area contributed by atoms with Gasteiger partial charge in [0.15, 0.2) is 0 Å². The molecule has 8 N–H and O–H groups in total. The SMILES string of the molecule is CCS.N.N.O=S(=O)(O)O. The lowest BCUT2D eigenvalue weighted by atomic mass is 11.0. The lowest BCUT2D eigenvalue weighted by molar-refractivity contribution is 0.381. The van der Waals surface area contributed by atoms with Crippen molar-refractivity contribution < 1.29 is 17.5 Å². The lowest BCUT2D eigenvalue weighted by Crippen LogP contribution is -1.89. The fourth-order valence-electron chi connectivity index (χ4n) is 0. The Balaban J connectivity index is -0.0000000326. The van der Waals surface area contributed by atoms with Crippen molar-refractivity contribution in [2.45, 2.75) is 6.92 Å². The van der Waals surface area contributed by atoms with E-state index in [-0.39, 0.29) is 12.3 Å². The molecule has 0 rings (SSSR count). The van der Waals surface area contributed by atoms with Gasteiger partial charge in [0.2, 0.25) is 0 Å². The zero-order valence-corrected chi connectivity index (χ0v) is 7.40. The van der Waals surface area contributed by atoms with Crippen molar-refractivity contribution in [2.75, 3.05) is 5.75 Å². The Labute approximate surface area is 66.2 Å². The first-order valence-corrected chi connectivity index (χ1v) is 3.75. The Morgan fingerprint density at radius 2 is 1.30 bits per heavy atom. The van der Waals surface area contributed by atoms with Gasteiger partial charge >= 0.3 is 10.4 Å². The third kappa shape index (κ3) is 21200. The van der Waals surface area contributed by atoms with Crippen LogP contribution in [0.15, 0.2) is 0 Å². The molecule has 0 amide bonds. The summed E-state index contributed by atoms with van der Waals surface area (Å²) in [6, 6.07) is 0. The summed E-state index contributed by atoms with van der Waals surface area (Å²) in [6.45, 7) is 1.99. The van der Waals surface area contributed by atoms with Crippen LogP contribution >= 0.6 is 12.6 Å². The van der Waals surface area contributed by atoms with Gasteiger partial charge in [-0.2, -0.15) is 21.0 Å². The van der Waals surface area contributed by atoms with E-state index < -0.39 is 10.4 Å². The summed E-state index contributed by atoms with van der Waals surface area (Å²) in [5, 5.41) is 0. The molecule has 10 heavy (non-hydrogen) atoms. The van der Waals surface area contributed by atoms with Gasteiger partial charge < -0.3 is 12.3 Å². The van der Waals surface area contributed by atoms with Gasteiger partial charge in [0.1, 0.15) is 0 Å². The van der Waals surface area contributed by atoms with Crippen molar-refractivity contribution in [3.63, 3.8) is 0 Å². The van der Waals surface area contributed by atoms with Gasteiger partial charge in [0.05, 0.1) is 0 Å². The van der Waals surface area contributed by atoms with Crippen molar-refractivity contribution in [1.82, 2.24) is 12.3 Å². The zero-order chi connectivity index (χ0) is 7.21. The summed E-state index contributed by atoms with van der Waals surface area (Å²) in [6.07, 6.45) is 0. The van der Waals surface area contributed by atoms with E-state index in [0.29, 0.717) is 0 Å². The van der Waals surface area contributed by atoms with Crippen molar-refractivity contribution >= 4 is 23.0 Å². The molecule has 0 aliphatic rings. The summed E-state index contributed by atoms with van der Waals surface area (Å²) in [4.78, 5) is 0. The summed E-state index contributed by atoms with van der Waals surface area (Å²) in [5.41, 5.74) is 0. The molecule has 0 bridgehead atoms. The van der Waals surface area contributed by atoms with E-state index in [9.17, 15) is 0 Å². The maximum absolute atomic E-state index is 8.74. The molecule has 0 aromatic carbocycles. The van der Waals surface area contributed by atoms with Crippen LogP contribution in [0.2, 0.25) is 0 Å². The van der Waals surface area contributed by atoms with Crippen molar-refractivity contribution in [3.05, 3.63) is 0 Å². The molecule has 0 aliphatic carbocycles. The third-order valence-electron chi connectivity index (χ3n) is 0. The first-order valence-electron chi connectivity index (χ1n) is 1.72. The molecule has 0 atom stereocenters. The quantitative estimate of drug-likeness (QED) is 0.282. The second-order valence-electron chi connectivity index (χ2n) is 0.764. The molecule has 0 radical (unpaired) electrons. The Bertz CT molecular complexity index is 113. The molecule has 68 valence electrons. The molecule has 8 heteroatoms. The first-order chi connectivity index (χ1) is 3.41. The van der Waals surface area contributed by atoms with Gasteiger partial charge in [0.25, 0.3) is 0 Å². The molecule has 0 aromatic rings. The van der Waals surface area contributed by atoms with E-state index in [1.54, 1.807) is 0 Å². The molecule has 0 fully saturated rings. The fraction of sp³-hybridized carbons (Fsp3) is 1.00. The highest BCUT2D eigenvalue weighted by molar-refractivity contribution is 7.80. The molecule has 6 nitrogen and oxygen atoms in total. The van der Waals surface area contributed by atoms with Crippen LogP contribution in [0.5, 0.6) is 0 Å². The summed E-state index contributed by atoms with van der Waals surface area (Å²) in [5.74, 6) is 0.944.